The standard InChI is InChI=1S/C24H34N6O2/c1-16-13-29(9-10-30(16)17(2)14-31-4)22-12-21(27-15-28-22)23(26)19-11-18(5-6-20(19)25)32-24(3)7-8-24/h5-6,11-12,15-17,26H,7-10,13-14,25H2,1-4H3/t16-,17?/m0/s1. The van der Waals surface area contributed by atoms with Crippen molar-refractivity contribution >= 4 is 17.2 Å². The molecule has 1 saturated heterocycles. The summed E-state index contributed by atoms with van der Waals surface area (Å²) in [5.74, 6) is 1.57. The van der Waals surface area contributed by atoms with Crippen LogP contribution in [-0.2, 0) is 4.74 Å². The first-order valence-electron chi connectivity index (χ1n) is 11.3. The van der Waals surface area contributed by atoms with Crippen LogP contribution in [0.1, 0.15) is 44.9 Å². The molecule has 4 rings (SSSR count). The molecule has 2 atom stereocenters. The van der Waals surface area contributed by atoms with E-state index >= 15 is 0 Å². The third kappa shape index (κ3) is 4.86. The molecule has 3 N–H and O–H groups in total. The first-order valence-corrected chi connectivity index (χ1v) is 11.3. The van der Waals surface area contributed by atoms with E-state index in [0.29, 0.717) is 29.0 Å². The highest BCUT2D eigenvalue weighted by Gasteiger charge is 2.40. The van der Waals surface area contributed by atoms with E-state index in [1.165, 1.54) is 6.33 Å². The van der Waals surface area contributed by atoms with Gasteiger partial charge in [0, 0.05) is 56.1 Å². The summed E-state index contributed by atoms with van der Waals surface area (Å²) in [5, 5.41) is 8.77. The van der Waals surface area contributed by atoms with E-state index in [2.05, 4.69) is 40.5 Å². The van der Waals surface area contributed by atoms with Crippen molar-refractivity contribution in [1.29, 1.82) is 5.41 Å². The molecule has 2 fully saturated rings. The molecular weight excluding hydrogens is 404 g/mol. The van der Waals surface area contributed by atoms with E-state index in [1.54, 1.807) is 13.2 Å². The molecule has 8 heteroatoms. The minimum absolute atomic E-state index is 0.0861. The van der Waals surface area contributed by atoms with Gasteiger partial charge in [-0.25, -0.2) is 9.97 Å². The lowest BCUT2D eigenvalue weighted by Crippen LogP contribution is -2.56. The van der Waals surface area contributed by atoms with E-state index in [1.807, 2.05) is 18.2 Å². The maximum Gasteiger partial charge on any atom is 0.132 e. The summed E-state index contributed by atoms with van der Waals surface area (Å²) in [4.78, 5) is 13.6. The molecule has 1 aliphatic heterocycles. The molecule has 1 aromatic heterocycles. The average Bonchev–Trinajstić information content (AvgIpc) is 3.51. The molecule has 1 aliphatic carbocycles. The number of piperazine rings is 1. The smallest absolute Gasteiger partial charge is 0.132 e. The SMILES string of the molecule is COCC(C)N1CCN(c2cc(C(=N)c3cc(OC4(C)CC4)ccc3N)ncn2)C[C@@H]1C. The average molecular weight is 439 g/mol. The number of anilines is 2. The second kappa shape index (κ2) is 9.03. The third-order valence-corrected chi connectivity index (χ3v) is 6.50. The lowest BCUT2D eigenvalue weighted by molar-refractivity contribution is 0.0678. The number of rotatable bonds is 8. The Hall–Kier alpha value is -2.71. The molecule has 32 heavy (non-hydrogen) atoms. The van der Waals surface area contributed by atoms with Gasteiger partial charge in [0.15, 0.2) is 0 Å². The monoisotopic (exact) mass is 438 g/mol. The van der Waals surface area contributed by atoms with Crippen LogP contribution >= 0.6 is 0 Å². The predicted molar refractivity (Wildman–Crippen MR) is 127 cm³/mol. The van der Waals surface area contributed by atoms with Gasteiger partial charge in [0.1, 0.15) is 23.5 Å². The third-order valence-electron chi connectivity index (χ3n) is 6.50. The van der Waals surface area contributed by atoms with E-state index < -0.39 is 0 Å². The zero-order chi connectivity index (χ0) is 22.9. The summed E-state index contributed by atoms with van der Waals surface area (Å²) in [6.45, 7) is 9.92. The lowest BCUT2D eigenvalue weighted by atomic mass is 10.0. The number of ether oxygens (including phenoxy) is 2. The second-order valence-electron chi connectivity index (χ2n) is 9.27. The normalized spacial score (nSPS) is 21.2. The number of nitrogens with two attached hydrogens (primary N) is 1. The molecule has 2 heterocycles. The molecule has 172 valence electrons. The summed E-state index contributed by atoms with van der Waals surface area (Å²) < 4.78 is 11.4. The molecule has 0 amide bonds. The van der Waals surface area contributed by atoms with Crippen molar-refractivity contribution in [2.75, 3.05) is 44.0 Å². The van der Waals surface area contributed by atoms with Crippen molar-refractivity contribution < 1.29 is 9.47 Å². The number of nitrogen functional groups attached to an aromatic ring is 1. The van der Waals surface area contributed by atoms with Crippen LogP contribution in [0, 0.1) is 5.41 Å². The van der Waals surface area contributed by atoms with Crippen molar-refractivity contribution in [3.05, 3.63) is 41.9 Å². The molecule has 2 aromatic rings. The first kappa shape index (κ1) is 22.5. The first-order chi connectivity index (χ1) is 15.3. The Morgan fingerprint density at radius 3 is 2.75 bits per heavy atom. The van der Waals surface area contributed by atoms with Crippen LogP contribution in [0.2, 0.25) is 0 Å². The Morgan fingerprint density at radius 2 is 2.06 bits per heavy atom. The van der Waals surface area contributed by atoms with Crippen molar-refractivity contribution in [1.82, 2.24) is 14.9 Å². The Labute approximate surface area is 190 Å². The van der Waals surface area contributed by atoms with Gasteiger partial charge in [-0.15, -0.1) is 0 Å². The summed E-state index contributed by atoms with van der Waals surface area (Å²) >= 11 is 0. The summed E-state index contributed by atoms with van der Waals surface area (Å²) in [7, 11) is 1.75. The number of methoxy groups -OCH3 is 1. The second-order valence-corrected chi connectivity index (χ2v) is 9.27. The van der Waals surface area contributed by atoms with Gasteiger partial charge in [-0.3, -0.25) is 10.3 Å². The Bertz CT molecular complexity index is 977. The molecule has 1 saturated carbocycles. The van der Waals surface area contributed by atoms with Gasteiger partial charge in [0.25, 0.3) is 0 Å². The van der Waals surface area contributed by atoms with Gasteiger partial charge in [-0.05, 0) is 51.8 Å². The number of hydrogen-bond acceptors (Lipinski definition) is 8. The van der Waals surface area contributed by atoms with Crippen molar-refractivity contribution in [2.24, 2.45) is 0 Å². The van der Waals surface area contributed by atoms with Crippen LogP contribution < -0.4 is 15.4 Å². The topological polar surface area (TPSA) is 101 Å². The van der Waals surface area contributed by atoms with Gasteiger partial charge in [0.05, 0.1) is 18.0 Å². The fraction of sp³-hybridized carbons (Fsp3) is 0.542. The zero-order valence-electron chi connectivity index (χ0n) is 19.5. The molecule has 1 aromatic carbocycles. The highest BCUT2D eigenvalue weighted by atomic mass is 16.5. The number of nitrogens with zero attached hydrogens (tertiary/aromatic N) is 4. The minimum Gasteiger partial charge on any atom is -0.488 e. The largest absolute Gasteiger partial charge is 0.488 e. The molecule has 8 nitrogen and oxygen atoms in total. The van der Waals surface area contributed by atoms with Crippen LogP contribution in [0.25, 0.3) is 0 Å². The van der Waals surface area contributed by atoms with Gasteiger partial charge >= 0.3 is 0 Å². The van der Waals surface area contributed by atoms with Crippen LogP contribution in [0.3, 0.4) is 0 Å². The Morgan fingerprint density at radius 1 is 1.28 bits per heavy atom. The van der Waals surface area contributed by atoms with Crippen LogP contribution in [0.4, 0.5) is 11.5 Å². The molecule has 0 spiro atoms. The zero-order valence-corrected chi connectivity index (χ0v) is 19.5. The molecule has 0 radical (unpaired) electrons. The number of hydrogen-bond donors (Lipinski definition) is 2. The quantitative estimate of drug-likeness (QED) is 0.483. The van der Waals surface area contributed by atoms with E-state index in [-0.39, 0.29) is 11.3 Å². The molecule has 2 aliphatic rings. The van der Waals surface area contributed by atoms with E-state index in [0.717, 1.165) is 50.7 Å². The molecular formula is C24H34N6O2. The maximum absolute atomic E-state index is 8.77. The van der Waals surface area contributed by atoms with E-state index in [4.69, 9.17) is 20.6 Å². The summed E-state index contributed by atoms with van der Waals surface area (Å²) in [5.41, 5.74) is 8.12. The highest BCUT2D eigenvalue weighted by molar-refractivity contribution is 6.13. The van der Waals surface area contributed by atoms with Gasteiger partial charge in [-0.2, -0.15) is 0 Å². The van der Waals surface area contributed by atoms with Crippen molar-refractivity contribution in [3.63, 3.8) is 0 Å². The number of benzene rings is 1. The Balaban J connectivity index is 1.50. The fourth-order valence-corrected chi connectivity index (χ4v) is 4.34. The predicted octanol–water partition coefficient (Wildman–Crippen LogP) is 2.95. The van der Waals surface area contributed by atoms with Crippen LogP contribution in [0.15, 0.2) is 30.6 Å². The van der Waals surface area contributed by atoms with Gasteiger partial charge in [-0.1, -0.05) is 0 Å². The molecule has 0 bridgehead atoms. The van der Waals surface area contributed by atoms with Gasteiger partial charge < -0.3 is 20.1 Å². The minimum atomic E-state index is -0.0861. The van der Waals surface area contributed by atoms with Crippen molar-refractivity contribution in [3.8, 4) is 5.75 Å². The van der Waals surface area contributed by atoms with Crippen LogP contribution in [0.5, 0.6) is 5.75 Å². The number of aromatic nitrogens is 2. The van der Waals surface area contributed by atoms with Crippen LogP contribution in [-0.4, -0.2) is 71.6 Å². The Kier molecular flexibility index (Phi) is 6.35. The van der Waals surface area contributed by atoms with E-state index in [9.17, 15) is 0 Å². The maximum atomic E-state index is 8.77. The summed E-state index contributed by atoms with van der Waals surface area (Å²) in [6.07, 6.45) is 3.64. The summed E-state index contributed by atoms with van der Waals surface area (Å²) in [6, 6.07) is 8.16. The highest BCUT2D eigenvalue weighted by Crippen LogP contribution is 2.40. The number of nitrogens with one attached hydrogen (secondary N) is 1. The fourth-order valence-electron chi connectivity index (χ4n) is 4.34. The molecule has 1 unspecified atom stereocenters. The van der Waals surface area contributed by atoms with Crippen molar-refractivity contribution in [2.45, 2.75) is 51.3 Å². The van der Waals surface area contributed by atoms with Gasteiger partial charge in [0.2, 0.25) is 0 Å². The lowest BCUT2D eigenvalue weighted by Gasteiger charge is -2.43.